The Kier molecular flexibility index (Phi) is 10.6. The molecule has 1 heterocycles. The Bertz CT molecular complexity index is 777. The molecule has 162 valence electrons. The molecule has 1 aliphatic heterocycles. The van der Waals surface area contributed by atoms with Crippen LogP contribution in [0.5, 0.6) is 0 Å². The Balaban J connectivity index is 0.00000320. The third-order valence-electron chi connectivity index (χ3n) is 4.96. The molecule has 0 radical (unpaired) electrons. The summed E-state index contributed by atoms with van der Waals surface area (Å²) in [4.78, 5) is 19.1. The first-order valence-corrected chi connectivity index (χ1v) is 10.4. The first-order chi connectivity index (χ1) is 14.2. The van der Waals surface area contributed by atoms with Gasteiger partial charge in [-0.15, -0.1) is 24.0 Å². The van der Waals surface area contributed by atoms with Crippen molar-refractivity contribution in [2.45, 2.75) is 32.4 Å². The van der Waals surface area contributed by atoms with Gasteiger partial charge in [0.05, 0.1) is 0 Å². The quantitative estimate of drug-likeness (QED) is 0.297. The molecule has 3 N–H and O–H groups in total. The molecule has 30 heavy (non-hydrogen) atoms. The van der Waals surface area contributed by atoms with Crippen molar-refractivity contribution < 1.29 is 4.79 Å². The second kappa shape index (κ2) is 13.2. The molecule has 0 spiro atoms. The van der Waals surface area contributed by atoms with Crippen LogP contribution >= 0.6 is 24.0 Å². The number of hydrogen-bond donors (Lipinski definition) is 3. The second-order valence-electron chi connectivity index (χ2n) is 7.29. The lowest BCUT2D eigenvalue weighted by Gasteiger charge is -2.33. The summed E-state index contributed by atoms with van der Waals surface area (Å²) in [5.41, 5.74) is 2.15. The van der Waals surface area contributed by atoms with Gasteiger partial charge in [-0.2, -0.15) is 0 Å². The highest BCUT2D eigenvalue weighted by molar-refractivity contribution is 14.0. The van der Waals surface area contributed by atoms with Crippen LogP contribution in [-0.2, 0) is 11.3 Å². The van der Waals surface area contributed by atoms with Gasteiger partial charge in [-0.05, 0) is 37.5 Å². The Morgan fingerprint density at radius 2 is 1.67 bits per heavy atom. The summed E-state index contributed by atoms with van der Waals surface area (Å²) >= 11 is 0. The molecule has 0 bridgehead atoms. The zero-order valence-corrected chi connectivity index (χ0v) is 19.8. The lowest BCUT2D eigenvalue weighted by Crippen LogP contribution is -2.48. The van der Waals surface area contributed by atoms with Crippen molar-refractivity contribution in [2.75, 3.05) is 31.5 Å². The van der Waals surface area contributed by atoms with Gasteiger partial charge in [-0.1, -0.05) is 48.5 Å². The zero-order chi connectivity index (χ0) is 20.3. The summed E-state index contributed by atoms with van der Waals surface area (Å²) in [5, 5.41) is 9.60. The normalized spacial score (nSPS) is 15.2. The smallest absolute Gasteiger partial charge is 0.246 e. The van der Waals surface area contributed by atoms with Gasteiger partial charge in [0.15, 0.2) is 5.96 Å². The van der Waals surface area contributed by atoms with Crippen LogP contribution < -0.4 is 16.0 Å². The van der Waals surface area contributed by atoms with E-state index < -0.39 is 0 Å². The van der Waals surface area contributed by atoms with Gasteiger partial charge in [0.2, 0.25) is 5.91 Å². The zero-order valence-electron chi connectivity index (χ0n) is 17.5. The first-order valence-electron chi connectivity index (χ1n) is 10.4. The highest BCUT2D eigenvalue weighted by Gasteiger charge is 2.20. The van der Waals surface area contributed by atoms with Gasteiger partial charge in [0, 0.05) is 37.9 Å². The molecular weight excluding hydrogens is 489 g/mol. The van der Waals surface area contributed by atoms with Crippen LogP contribution in [0.25, 0.3) is 0 Å². The monoisotopic (exact) mass is 521 g/mol. The number of nitrogens with one attached hydrogen (secondary N) is 3. The van der Waals surface area contributed by atoms with Crippen molar-refractivity contribution in [2.24, 2.45) is 4.99 Å². The van der Waals surface area contributed by atoms with Crippen LogP contribution in [0.2, 0.25) is 0 Å². The molecule has 2 aromatic rings. The van der Waals surface area contributed by atoms with E-state index in [0.717, 1.165) is 44.7 Å². The fourth-order valence-electron chi connectivity index (χ4n) is 3.46. The third kappa shape index (κ3) is 8.31. The molecular formula is C23H32IN5O. The number of carbonyl (C=O) groups excluding carboxylic acids is 1. The predicted molar refractivity (Wildman–Crippen MR) is 134 cm³/mol. The van der Waals surface area contributed by atoms with Gasteiger partial charge < -0.3 is 16.0 Å². The number of carbonyl (C=O) groups is 1. The lowest BCUT2D eigenvalue weighted by molar-refractivity contribution is -0.114. The Hall–Kier alpha value is -2.13. The minimum Gasteiger partial charge on any atom is -0.357 e. The Morgan fingerprint density at radius 3 is 2.30 bits per heavy atom. The Labute approximate surface area is 196 Å². The van der Waals surface area contributed by atoms with Crippen LogP contribution in [0.1, 0.15) is 25.3 Å². The van der Waals surface area contributed by atoms with Crippen LogP contribution in [0, 0.1) is 0 Å². The first kappa shape index (κ1) is 24.1. The van der Waals surface area contributed by atoms with Crippen molar-refractivity contribution in [1.29, 1.82) is 0 Å². The van der Waals surface area contributed by atoms with Crippen molar-refractivity contribution in [1.82, 2.24) is 15.5 Å². The number of rotatable bonds is 7. The average Bonchev–Trinajstić information content (AvgIpc) is 2.75. The summed E-state index contributed by atoms with van der Waals surface area (Å²) in [5.74, 6) is 0.586. The molecule has 1 saturated heterocycles. The number of nitrogens with zero attached hydrogens (tertiary/aromatic N) is 2. The van der Waals surface area contributed by atoms with Gasteiger partial charge in [-0.25, -0.2) is 4.99 Å². The highest BCUT2D eigenvalue weighted by atomic mass is 127. The maximum absolute atomic E-state index is 12.1. The molecule has 0 atom stereocenters. The van der Waals surface area contributed by atoms with Gasteiger partial charge in [0.25, 0.3) is 0 Å². The average molecular weight is 521 g/mol. The van der Waals surface area contributed by atoms with Crippen molar-refractivity contribution >= 4 is 41.5 Å². The number of benzene rings is 2. The molecule has 1 fully saturated rings. The summed E-state index contributed by atoms with van der Waals surface area (Å²) in [6.07, 6.45) is 2.13. The molecule has 1 aliphatic rings. The second-order valence-corrected chi connectivity index (χ2v) is 7.29. The minimum atomic E-state index is -0.119. The van der Waals surface area contributed by atoms with E-state index in [4.69, 9.17) is 0 Å². The summed E-state index contributed by atoms with van der Waals surface area (Å²) in [6, 6.07) is 20.4. The van der Waals surface area contributed by atoms with E-state index in [1.165, 1.54) is 5.56 Å². The fraction of sp³-hybridized carbons (Fsp3) is 0.391. The van der Waals surface area contributed by atoms with Crippen molar-refractivity contribution in [3.63, 3.8) is 0 Å². The van der Waals surface area contributed by atoms with Crippen LogP contribution in [0.4, 0.5) is 5.69 Å². The molecule has 2 aromatic carbocycles. The summed E-state index contributed by atoms with van der Waals surface area (Å²) in [6.45, 7) is 6.00. The molecule has 3 rings (SSSR count). The van der Waals surface area contributed by atoms with E-state index in [1.54, 1.807) is 0 Å². The number of likely N-dealkylation sites (tertiary alicyclic amines) is 1. The van der Waals surface area contributed by atoms with E-state index in [1.807, 2.05) is 37.3 Å². The molecule has 0 unspecified atom stereocenters. The fourth-order valence-corrected chi connectivity index (χ4v) is 3.46. The van der Waals surface area contributed by atoms with Crippen LogP contribution in [0.15, 0.2) is 65.7 Å². The standard InChI is InChI=1S/C23H31N5O.HI/c1-2-24-23(25-17-22(29)26-20-11-7-4-8-12-20)27-21-13-15-28(16-14-21)18-19-9-5-3-6-10-19;/h3-12,21H,2,13-18H2,1H3,(H,26,29)(H2,24,25,27);1H. The number of amides is 1. The molecule has 7 heteroatoms. The maximum atomic E-state index is 12.1. The highest BCUT2D eigenvalue weighted by Crippen LogP contribution is 2.13. The molecule has 0 aliphatic carbocycles. The summed E-state index contributed by atoms with van der Waals surface area (Å²) < 4.78 is 0. The number of piperidine rings is 1. The SMILES string of the molecule is CCNC(=NCC(=O)Nc1ccccc1)NC1CCN(Cc2ccccc2)CC1.I. The van der Waals surface area contributed by atoms with E-state index in [2.05, 4.69) is 56.2 Å². The van der Waals surface area contributed by atoms with Crippen LogP contribution in [-0.4, -0.2) is 49.0 Å². The Morgan fingerprint density at radius 1 is 1.03 bits per heavy atom. The minimum absolute atomic E-state index is 0. The van der Waals surface area contributed by atoms with Gasteiger partial charge in [0.1, 0.15) is 6.54 Å². The topological polar surface area (TPSA) is 68.8 Å². The number of guanidine groups is 1. The molecule has 6 nitrogen and oxygen atoms in total. The lowest BCUT2D eigenvalue weighted by atomic mass is 10.0. The molecule has 0 saturated carbocycles. The number of hydrogen-bond acceptors (Lipinski definition) is 3. The van der Waals surface area contributed by atoms with Crippen molar-refractivity contribution in [3.05, 3.63) is 66.2 Å². The predicted octanol–water partition coefficient (Wildman–Crippen LogP) is 3.46. The largest absolute Gasteiger partial charge is 0.357 e. The number of anilines is 1. The number of para-hydroxylation sites is 1. The van der Waals surface area contributed by atoms with E-state index in [9.17, 15) is 4.79 Å². The van der Waals surface area contributed by atoms with Gasteiger partial charge in [-0.3, -0.25) is 9.69 Å². The van der Waals surface area contributed by atoms with E-state index in [0.29, 0.717) is 12.0 Å². The van der Waals surface area contributed by atoms with E-state index >= 15 is 0 Å². The van der Waals surface area contributed by atoms with Crippen molar-refractivity contribution in [3.8, 4) is 0 Å². The number of halogens is 1. The number of aliphatic imine (C=N–C) groups is 1. The van der Waals surface area contributed by atoms with Crippen LogP contribution in [0.3, 0.4) is 0 Å². The maximum Gasteiger partial charge on any atom is 0.246 e. The molecule has 0 aromatic heterocycles. The molecule has 1 amide bonds. The third-order valence-corrected chi connectivity index (χ3v) is 4.96. The van der Waals surface area contributed by atoms with Gasteiger partial charge >= 0.3 is 0 Å². The summed E-state index contributed by atoms with van der Waals surface area (Å²) in [7, 11) is 0. The van der Waals surface area contributed by atoms with E-state index in [-0.39, 0.29) is 36.4 Å².